The molecular formula is C31H38N4O6S. The van der Waals surface area contributed by atoms with Crippen molar-refractivity contribution in [2.24, 2.45) is 0 Å². The minimum absolute atomic E-state index is 0.0788. The number of benzene rings is 2. The second-order valence-corrected chi connectivity index (χ2v) is 13.3. The number of aliphatic hydroxyl groups excluding tert-OH is 1. The van der Waals surface area contributed by atoms with Gasteiger partial charge in [-0.25, -0.2) is 8.42 Å². The van der Waals surface area contributed by atoms with Crippen LogP contribution in [0.15, 0.2) is 59.0 Å². The highest BCUT2D eigenvalue weighted by Crippen LogP contribution is 2.53. The first kappa shape index (κ1) is 29.9. The summed E-state index contributed by atoms with van der Waals surface area (Å²) in [6, 6.07) is 12.7. The average molecular weight is 595 g/mol. The van der Waals surface area contributed by atoms with Gasteiger partial charge in [-0.15, -0.1) is 0 Å². The van der Waals surface area contributed by atoms with E-state index in [0.717, 1.165) is 25.7 Å². The number of aliphatic hydroxyl groups is 1. The van der Waals surface area contributed by atoms with E-state index >= 15 is 0 Å². The van der Waals surface area contributed by atoms with Gasteiger partial charge in [0.25, 0.3) is 17.6 Å². The maximum Gasteiger partial charge on any atom is 0.296 e. The molecule has 3 heterocycles. The summed E-state index contributed by atoms with van der Waals surface area (Å²) in [7, 11) is -0.0454. The summed E-state index contributed by atoms with van der Waals surface area (Å²) in [6.07, 6.45) is 4.15. The molecule has 3 aliphatic rings. The normalized spacial score (nSPS) is 22.5. The molecule has 0 aliphatic carbocycles. The highest BCUT2D eigenvalue weighted by Gasteiger charge is 2.66. The van der Waals surface area contributed by atoms with Crippen molar-refractivity contribution in [3.05, 3.63) is 65.2 Å². The van der Waals surface area contributed by atoms with Gasteiger partial charge >= 0.3 is 0 Å². The van der Waals surface area contributed by atoms with Crippen molar-refractivity contribution in [3.63, 3.8) is 0 Å². The third-order valence-corrected chi connectivity index (χ3v) is 10.3. The van der Waals surface area contributed by atoms with E-state index in [4.69, 9.17) is 0 Å². The zero-order valence-electron chi connectivity index (χ0n) is 24.4. The highest BCUT2D eigenvalue weighted by atomic mass is 32.2. The lowest BCUT2D eigenvalue weighted by Gasteiger charge is -2.35. The largest absolute Gasteiger partial charge is 0.507 e. The number of unbranched alkanes of at least 4 members (excludes halogenated alkanes) is 1. The van der Waals surface area contributed by atoms with E-state index in [1.165, 1.54) is 33.5 Å². The smallest absolute Gasteiger partial charge is 0.296 e. The molecule has 1 atom stereocenters. The van der Waals surface area contributed by atoms with Gasteiger partial charge < -0.3 is 19.8 Å². The summed E-state index contributed by atoms with van der Waals surface area (Å²) < 4.78 is 27.8. The van der Waals surface area contributed by atoms with Gasteiger partial charge in [0.1, 0.15) is 5.76 Å². The number of Topliss-reactive ketones (excluding diaryl/α,β-unsaturated/α-hetero) is 1. The maximum atomic E-state index is 14.5. The quantitative estimate of drug-likeness (QED) is 0.269. The van der Waals surface area contributed by atoms with Crippen molar-refractivity contribution in [1.29, 1.82) is 0 Å². The number of sulfonamides is 1. The second kappa shape index (κ2) is 11.6. The summed E-state index contributed by atoms with van der Waals surface area (Å²) in [5.41, 5.74) is -0.919. The monoisotopic (exact) mass is 594 g/mol. The number of piperidine rings is 1. The predicted octanol–water partition coefficient (Wildman–Crippen LogP) is 3.15. The molecule has 1 spiro atoms. The molecule has 0 bridgehead atoms. The number of likely N-dealkylation sites (tertiary alicyclic amines) is 1. The molecular weight excluding hydrogens is 556 g/mol. The Morgan fingerprint density at radius 2 is 1.62 bits per heavy atom. The van der Waals surface area contributed by atoms with Crippen LogP contribution in [0.1, 0.15) is 50.2 Å². The van der Waals surface area contributed by atoms with Crippen LogP contribution in [0, 0.1) is 0 Å². The van der Waals surface area contributed by atoms with Gasteiger partial charge in [0.05, 0.1) is 16.2 Å². The number of hydrogen-bond acceptors (Lipinski definition) is 7. The molecule has 2 saturated heterocycles. The van der Waals surface area contributed by atoms with Gasteiger partial charge in [0, 0.05) is 43.9 Å². The minimum atomic E-state index is -3.71. The molecule has 0 radical (unpaired) electrons. The molecule has 224 valence electrons. The summed E-state index contributed by atoms with van der Waals surface area (Å²) in [6.45, 7) is 3.80. The molecule has 2 amide bonds. The van der Waals surface area contributed by atoms with Crippen LogP contribution < -0.4 is 4.90 Å². The Bertz CT molecular complexity index is 1530. The van der Waals surface area contributed by atoms with Gasteiger partial charge in [-0.05, 0) is 63.7 Å². The van der Waals surface area contributed by atoms with Crippen LogP contribution in [0.5, 0.6) is 0 Å². The second-order valence-electron chi connectivity index (χ2n) is 11.3. The molecule has 0 aromatic heterocycles. The number of anilines is 1. The van der Waals surface area contributed by atoms with Gasteiger partial charge in [-0.1, -0.05) is 38.0 Å². The van der Waals surface area contributed by atoms with Crippen molar-refractivity contribution >= 4 is 39.1 Å². The van der Waals surface area contributed by atoms with Crippen molar-refractivity contribution in [2.45, 2.75) is 49.5 Å². The molecule has 0 saturated carbocycles. The number of para-hydroxylation sites is 1. The molecule has 3 aliphatic heterocycles. The third-order valence-electron chi connectivity index (χ3n) is 8.40. The van der Waals surface area contributed by atoms with E-state index in [9.17, 15) is 27.9 Å². The molecule has 42 heavy (non-hydrogen) atoms. The zero-order chi connectivity index (χ0) is 30.2. The van der Waals surface area contributed by atoms with Crippen LogP contribution >= 0.6 is 0 Å². The Balaban J connectivity index is 1.66. The van der Waals surface area contributed by atoms with Crippen molar-refractivity contribution in [2.75, 3.05) is 51.7 Å². The van der Waals surface area contributed by atoms with Crippen molar-refractivity contribution in [3.8, 4) is 0 Å². The Labute approximate surface area is 247 Å². The Hall–Kier alpha value is -3.54. The van der Waals surface area contributed by atoms with Gasteiger partial charge in [0.2, 0.25) is 10.0 Å². The summed E-state index contributed by atoms with van der Waals surface area (Å²) in [5, 5.41) is 11.7. The minimum Gasteiger partial charge on any atom is -0.507 e. The number of amides is 2. The van der Waals surface area contributed by atoms with E-state index in [1.54, 1.807) is 29.2 Å². The summed E-state index contributed by atoms with van der Waals surface area (Å²) in [4.78, 5) is 46.7. The number of nitrogens with zero attached hydrogens (tertiary/aromatic N) is 4. The van der Waals surface area contributed by atoms with Crippen LogP contribution in [0.2, 0.25) is 0 Å². The molecule has 1 unspecified atom stereocenters. The van der Waals surface area contributed by atoms with Crippen LogP contribution in [-0.2, 0) is 29.9 Å². The first-order valence-corrected chi connectivity index (χ1v) is 16.0. The summed E-state index contributed by atoms with van der Waals surface area (Å²) in [5.74, 6) is -2.77. The van der Waals surface area contributed by atoms with E-state index < -0.39 is 38.9 Å². The first-order valence-electron chi connectivity index (χ1n) is 14.5. The number of ketones is 1. The fraction of sp³-hybridized carbons (Fsp3) is 0.452. The molecule has 11 heteroatoms. The molecule has 10 nitrogen and oxygen atoms in total. The molecule has 2 fully saturated rings. The first-order chi connectivity index (χ1) is 20.1. The SMILES string of the molecule is CCCCN1C(=O)C2(/C(=C(/O)c3ccc(S(=O)(=O)N4CCCCC4)cc3)C(=O)C(=O)N2CCN(C)C)c2ccccc21. The Morgan fingerprint density at radius 3 is 2.26 bits per heavy atom. The lowest BCUT2D eigenvalue weighted by molar-refractivity contribution is -0.143. The number of fused-ring (bicyclic) bond motifs is 2. The lowest BCUT2D eigenvalue weighted by Crippen LogP contribution is -2.53. The van der Waals surface area contributed by atoms with Crippen molar-refractivity contribution in [1.82, 2.24) is 14.1 Å². The van der Waals surface area contributed by atoms with E-state index in [-0.39, 0.29) is 22.6 Å². The van der Waals surface area contributed by atoms with Crippen LogP contribution in [0.3, 0.4) is 0 Å². The average Bonchev–Trinajstić information content (AvgIpc) is 3.37. The number of likely N-dealkylation sites (N-methyl/N-ethyl adjacent to an activating group) is 1. The van der Waals surface area contributed by atoms with E-state index in [2.05, 4.69) is 0 Å². The zero-order valence-corrected chi connectivity index (χ0v) is 25.2. The summed E-state index contributed by atoms with van der Waals surface area (Å²) >= 11 is 0. The number of carbonyl (C=O) groups excluding carboxylic acids is 3. The number of carbonyl (C=O) groups is 3. The van der Waals surface area contributed by atoms with Crippen molar-refractivity contribution < 1.29 is 27.9 Å². The Kier molecular flexibility index (Phi) is 8.28. The standard InChI is InChI=1S/C31H38N4O6S/c1-4-5-19-34-25-12-8-7-11-24(25)31(30(34)39)26(28(37)29(38)35(31)21-20-32(2)3)27(36)22-13-15-23(16-14-22)42(40,41)33-17-9-6-10-18-33/h7-8,11-16,36H,4-6,9-10,17-21H2,1-3H3/b27-26+. The van der Waals surface area contributed by atoms with Gasteiger partial charge in [-0.2, -0.15) is 4.31 Å². The van der Waals surface area contributed by atoms with Crippen LogP contribution in [-0.4, -0.2) is 92.0 Å². The number of rotatable bonds is 9. The molecule has 2 aromatic rings. The third kappa shape index (κ3) is 4.73. The highest BCUT2D eigenvalue weighted by molar-refractivity contribution is 7.89. The topological polar surface area (TPSA) is 119 Å². The lowest BCUT2D eigenvalue weighted by atomic mass is 9.82. The van der Waals surface area contributed by atoms with Crippen LogP contribution in [0.4, 0.5) is 5.69 Å². The van der Waals surface area contributed by atoms with Gasteiger partial charge in [0.15, 0.2) is 5.54 Å². The Morgan fingerprint density at radius 1 is 0.952 bits per heavy atom. The van der Waals surface area contributed by atoms with Gasteiger partial charge in [-0.3, -0.25) is 14.4 Å². The predicted molar refractivity (Wildman–Crippen MR) is 159 cm³/mol. The molecule has 1 N–H and O–H groups in total. The number of hydrogen-bond donors (Lipinski definition) is 1. The molecule has 5 rings (SSSR count). The fourth-order valence-electron chi connectivity index (χ4n) is 6.19. The van der Waals surface area contributed by atoms with Crippen LogP contribution in [0.25, 0.3) is 5.76 Å². The molecule has 2 aromatic carbocycles. The van der Waals surface area contributed by atoms with E-state index in [0.29, 0.717) is 43.9 Å². The van der Waals surface area contributed by atoms with E-state index in [1.807, 2.05) is 25.9 Å². The fourth-order valence-corrected chi connectivity index (χ4v) is 7.71. The maximum absolute atomic E-state index is 14.5.